The SMILES string of the molecule is COC(=O)c1nn(C(C)c2ccccc2)cc1NC(=O)CSc1ccccc1N. The predicted octanol–water partition coefficient (Wildman–Crippen LogP) is 3.59. The molecular formula is C21H22N4O3S. The topological polar surface area (TPSA) is 99.2 Å². The van der Waals surface area contributed by atoms with Crippen LogP contribution in [0.1, 0.15) is 29.0 Å². The van der Waals surface area contributed by atoms with E-state index in [9.17, 15) is 9.59 Å². The molecule has 150 valence electrons. The van der Waals surface area contributed by atoms with Gasteiger partial charge in [-0.3, -0.25) is 9.48 Å². The highest BCUT2D eigenvalue weighted by Gasteiger charge is 2.21. The molecule has 0 spiro atoms. The number of nitrogen functional groups attached to an aromatic ring is 1. The standard InChI is InChI=1S/C21H22N4O3S/c1-14(15-8-4-3-5-9-15)25-12-17(20(24-25)21(27)28-2)23-19(26)13-29-18-11-7-6-10-16(18)22/h3-12,14H,13,22H2,1-2H3,(H,23,26). The van der Waals surface area contributed by atoms with E-state index >= 15 is 0 Å². The second kappa shape index (κ2) is 9.29. The zero-order chi connectivity index (χ0) is 20.8. The van der Waals surface area contributed by atoms with Gasteiger partial charge in [0.2, 0.25) is 5.91 Å². The van der Waals surface area contributed by atoms with Gasteiger partial charge in [-0.15, -0.1) is 11.8 Å². The van der Waals surface area contributed by atoms with E-state index in [1.807, 2.05) is 55.5 Å². The van der Waals surface area contributed by atoms with Gasteiger partial charge in [0.05, 0.1) is 30.8 Å². The second-order valence-corrected chi connectivity index (χ2v) is 7.34. The number of thioether (sulfide) groups is 1. The van der Waals surface area contributed by atoms with Crippen molar-refractivity contribution in [2.24, 2.45) is 0 Å². The summed E-state index contributed by atoms with van der Waals surface area (Å²) in [5, 5.41) is 7.10. The predicted molar refractivity (Wildman–Crippen MR) is 114 cm³/mol. The van der Waals surface area contributed by atoms with E-state index in [0.717, 1.165) is 10.5 Å². The Morgan fingerprint density at radius 2 is 1.86 bits per heavy atom. The highest BCUT2D eigenvalue weighted by atomic mass is 32.2. The Hall–Kier alpha value is -3.26. The summed E-state index contributed by atoms with van der Waals surface area (Å²) in [5.41, 5.74) is 7.92. The Morgan fingerprint density at radius 1 is 1.17 bits per heavy atom. The van der Waals surface area contributed by atoms with E-state index in [-0.39, 0.29) is 23.4 Å². The molecule has 1 amide bonds. The van der Waals surface area contributed by atoms with Crippen LogP contribution in [0.4, 0.5) is 11.4 Å². The number of hydrogen-bond donors (Lipinski definition) is 2. The van der Waals surface area contributed by atoms with Crippen molar-refractivity contribution < 1.29 is 14.3 Å². The van der Waals surface area contributed by atoms with Gasteiger partial charge in [-0.05, 0) is 24.6 Å². The lowest BCUT2D eigenvalue weighted by Crippen LogP contribution is -2.16. The maximum absolute atomic E-state index is 12.4. The van der Waals surface area contributed by atoms with Gasteiger partial charge >= 0.3 is 5.97 Å². The van der Waals surface area contributed by atoms with Gasteiger partial charge in [-0.25, -0.2) is 4.79 Å². The highest BCUT2D eigenvalue weighted by Crippen LogP contribution is 2.26. The normalized spacial score (nSPS) is 11.7. The first-order valence-electron chi connectivity index (χ1n) is 8.99. The molecule has 0 aliphatic heterocycles. The number of nitrogens with one attached hydrogen (secondary N) is 1. The molecule has 0 fully saturated rings. The Balaban J connectivity index is 1.76. The highest BCUT2D eigenvalue weighted by molar-refractivity contribution is 8.00. The molecule has 2 aromatic carbocycles. The molecule has 3 rings (SSSR count). The van der Waals surface area contributed by atoms with Crippen molar-refractivity contribution in [3.8, 4) is 0 Å². The summed E-state index contributed by atoms with van der Waals surface area (Å²) < 4.78 is 6.45. The van der Waals surface area contributed by atoms with Gasteiger partial charge in [0.15, 0.2) is 5.69 Å². The molecule has 0 saturated carbocycles. The number of benzene rings is 2. The Labute approximate surface area is 173 Å². The van der Waals surface area contributed by atoms with Crippen LogP contribution in [0.25, 0.3) is 0 Å². The lowest BCUT2D eigenvalue weighted by atomic mass is 10.1. The van der Waals surface area contributed by atoms with Crippen LogP contribution in [0.2, 0.25) is 0 Å². The molecule has 1 unspecified atom stereocenters. The van der Waals surface area contributed by atoms with Crippen LogP contribution >= 0.6 is 11.8 Å². The second-order valence-electron chi connectivity index (χ2n) is 6.32. The number of carbonyl (C=O) groups is 2. The number of para-hydroxylation sites is 1. The minimum atomic E-state index is -0.612. The molecule has 3 aromatic rings. The van der Waals surface area contributed by atoms with Crippen molar-refractivity contribution in [2.45, 2.75) is 17.9 Å². The zero-order valence-corrected chi connectivity index (χ0v) is 17.0. The number of anilines is 2. The Morgan fingerprint density at radius 3 is 2.55 bits per heavy atom. The van der Waals surface area contributed by atoms with E-state index in [0.29, 0.717) is 11.4 Å². The summed E-state index contributed by atoms with van der Waals surface area (Å²) >= 11 is 1.32. The fourth-order valence-corrected chi connectivity index (χ4v) is 3.52. The molecule has 0 bridgehead atoms. The van der Waals surface area contributed by atoms with Gasteiger partial charge in [0, 0.05) is 10.6 Å². The van der Waals surface area contributed by atoms with Crippen molar-refractivity contribution in [2.75, 3.05) is 23.9 Å². The van der Waals surface area contributed by atoms with Gasteiger partial charge in [-0.1, -0.05) is 42.5 Å². The number of hydrogen-bond acceptors (Lipinski definition) is 6. The number of rotatable bonds is 7. The fourth-order valence-electron chi connectivity index (χ4n) is 2.75. The first kappa shape index (κ1) is 20.5. The minimum Gasteiger partial charge on any atom is -0.464 e. The third-order valence-electron chi connectivity index (χ3n) is 4.34. The summed E-state index contributed by atoms with van der Waals surface area (Å²) in [6.07, 6.45) is 1.64. The molecule has 7 nitrogen and oxygen atoms in total. The minimum absolute atomic E-state index is 0.0628. The van der Waals surface area contributed by atoms with Crippen molar-refractivity contribution in [3.05, 3.63) is 72.1 Å². The van der Waals surface area contributed by atoms with Gasteiger partial charge in [0.25, 0.3) is 0 Å². The molecule has 8 heteroatoms. The maximum Gasteiger partial charge on any atom is 0.360 e. The summed E-state index contributed by atoms with van der Waals surface area (Å²) in [6.45, 7) is 1.96. The zero-order valence-electron chi connectivity index (χ0n) is 16.2. The monoisotopic (exact) mass is 410 g/mol. The molecular weight excluding hydrogens is 388 g/mol. The number of nitrogens with zero attached hydrogens (tertiary/aromatic N) is 2. The number of amides is 1. The quantitative estimate of drug-likeness (QED) is 0.351. The number of methoxy groups -OCH3 is 1. The van der Waals surface area contributed by atoms with Gasteiger partial charge in [0.1, 0.15) is 0 Å². The van der Waals surface area contributed by atoms with E-state index in [1.54, 1.807) is 16.9 Å². The van der Waals surface area contributed by atoms with Crippen LogP contribution in [-0.4, -0.2) is 34.5 Å². The third kappa shape index (κ3) is 4.97. The molecule has 1 heterocycles. The smallest absolute Gasteiger partial charge is 0.360 e. The van der Waals surface area contributed by atoms with Crippen molar-refractivity contribution >= 4 is 35.0 Å². The van der Waals surface area contributed by atoms with Crippen LogP contribution < -0.4 is 11.1 Å². The number of aromatic nitrogens is 2. The van der Waals surface area contributed by atoms with Crippen LogP contribution in [0, 0.1) is 0 Å². The van der Waals surface area contributed by atoms with Crippen molar-refractivity contribution in [1.29, 1.82) is 0 Å². The summed E-state index contributed by atoms with van der Waals surface area (Å²) in [5.74, 6) is -0.733. The number of nitrogens with two attached hydrogens (primary N) is 1. The third-order valence-corrected chi connectivity index (χ3v) is 5.43. The van der Waals surface area contributed by atoms with E-state index in [2.05, 4.69) is 10.4 Å². The summed E-state index contributed by atoms with van der Waals surface area (Å²) in [6, 6.07) is 17.0. The Bertz CT molecular complexity index is 1000. The lowest BCUT2D eigenvalue weighted by molar-refractivity contribution is -0.113. The first-order valence-corrected chi connectivity index (χ1v) is 9.97. The van der Waals surface area contributed by atoms with E-state index < -0.39 is 5.97 Å². The lowest BCUT2D eigenvalue weighted by Gasteiger charge is -2.12. The number of esters is 1. The van der Waals surface area contributed by atoms with Crippen molar-refractivity contribution in [3.63, 3.8) is 0 Å². The van der Waals surface area contributed by atoms with Crippen LogP contribution in [-0.2, 0) is 9.53 Å². The number of carbonyl (C=O) groups excluding carboxylic acids is 2. The van der Waals surface area contributed by atoms with E-state index in [1.165, 1.54) is 18.9 Å². The van der Waals surface area contributed by atoms with Crippen LogP contribution in [0.3, 0.4) is 0 Å². The first-order chi connectivity index (χ1) is 14.0. The maximum atomic E-state index is 12.4. The molecule has 0 aliphatic carbocycles. The molecule has 0 aliphatic rings. The fraction of sp³-hybridized carbons (Fsp3) is 0.190. The molecule has 3 N–H and O–H groups in total. The average molecular weight is 410 g/mol. The van der Waals surface area contributed by atoms with Crippen molar-refractivity contribution in [1.82, 2.24) is 9.78 Å². The average Bonchev–Trinajstić information content (AvgIpc) is 3.16. The molecule has 0 saturated heterocycles. The molecule has 1 atom stereocenters. The van der Waals surface area contributed by atoms with Gasteiger partial charge < -0.3 is 15.8 Å². The molecule has 0 radical (unpaired) electrons. The van der Waals surface area contributed by atoms with Gasteiger partial charge in [-0.2, -0.15) is 5.10 Å². The molecule has 1 aromatic heterocycles. The number of ether oxygens (including phenoxy) is 1. The summed E-state index contributed by atoms with van der Waals surface area (Å²) in [7, 11) is 1.28. The van der Waals surface area contributed by atoms with E-state index in [4.69, 9.17) is 10.5 Å². The molecule has 29 heavy (non-hydrogen) atoms. The Kier molecular flexibility index (Phi) is 6.56. The summed E-state index contributed by atoms with van der Waals surface area (Å²) in [4.78, 5) is 25.4. The van der Waals surface area contributed by atoms with Crippen LogP contribution in [0.15, 0.2) is 65.7 Å². The van der Waals surface area contributed by atoms with Crippen LogP contribution in [0.5, 0.6) is 0 Å². The largest absolute Gasteiger partial charge is 0.464 e.